The van der Waals surface area contributed by atoms with Gasteiger partial charge in [-0.25, -0.2) is 0 Å². The molecule has 0 aromatic heterocycles. The van der Waals surface area contributed by atoms with Crippen molar-refractivity contribution < 1.29 is 19.0 Å². The summed E-state index contributed by atoms with van der Waals surface area (Å²) < 4.78 is 16.5. The van der Waals surface area contributed by atoms with Crippen LogP contribution in [0.15, 0.2) is 10.5 Å². The van der Waals surface area contributed by atoms with Crippen LogP contribution in [0.1, 0.15) is 17.3 Å². The Morgan fingerprint density at radius 2 is 1.79 bits per heavy atom. The molecule has 0 fully saturated rings. The second-order valence-electron chi connectivity index (χ2n) is 3.36. The number of carbonyl (C=O) groups is 1. The maximum atomic E-state index is 12.2. The Bertz CT molecular complexity index is 454. The number of halogens is 1. The molecule has 7 heteroatoms. The van der Waals surface area contributed by atoms with Crippen LogP contribution in [0.5, 0.6) is 17.2 Å². The van der Waals surface area contributed by atoms with Gasteiger partial charge in [-0.15, -0.1) is 0 Å². The predicted molar refractivity (Wildman–Crippen MR) is 82.7 cm³/mol. The molecule has 0 amide bonds. The van der Waals surface area contributed by atoms with Gasteiger partial charge >= 0.3 is 0 Å². The fourth-order valence-corrected chi connectivity index (χ4v) is 2.89. The molecule has 0 bridgehead atoms. The van der Waals surface area contributed by atoms with Gasteiger partial charge in [0.1, 0.15) is 11.3 Å². The molecular weight excluding hydrogens is 326 g/mol. The molecule has 1 atom stereocenters. The van der Waals surface area contributed by atoms with Gasteiger partial charge in [0.15, 0.2) is 17.0 Å². The molecule has 1 radical (unpaired) electrons. The molecule has 0 aliphatic rings. The van der Waals surface area contributed by atoms with E-state index in [-0.39, 0.29) is 33.0 Å². The van der Waals surface area contributed by atoms with E-state index in [1.54, 1.807) is 6.07 Å². The summed E-state index contributed by atoms with van der Waals surface area (Å²) in [5, 5.41) is 0. The summed E-state index contributed by atoms with van der Waals surface area (Å²) in [6.07, 6.45) is 0.792. The Hall–Kier alpha value is -0.203. The van der Waals surface area contributed by atoms with Crippen molar-refractivity contribution in [2.24, 2.45) is 0 Å². The zero-order valence-corrected chi connectivity index (χ0v) is 14.4. The average Bonchev–Trinajstić information content (AvgIpc) is 2.37. The van der Waals surface area contributed by atoms with E-state index in [9.17, 15) is 4.79 Å². The smallest absolute Gasteiger partial charge is 0.188 e. The van der Waals surface area contributed by atoms with Gasteiger partial charge in [0.25, 0.3) is 0 Å². The zero-order valence-electron chi connectivity index (χ0n) is 11.8. The minimum Gasteiger partial charge on any atom is -0.495 e. The van der Waals surface area contributed by atoms with Crippen molar-refractivity contribution in [2.75, 3.05) is 27.5 Å². The van der Waals surface area contributed by atoms with Crippen LogP contribution in [0, 0.1) is 0 Å². The molecular formula is C12H16BrLiO4P. The van der Waals surface area contributed by atoms with E-state index in [1.807, 2.05) is 6.92 Å². The molecule has 1 unspecified atom stereocenters. The molecule has 0 aliphatic carbocycles. The Kier molecular flexibility index (Phi) is 8.77. The second-order valence-corrected chi connectivity index (χ2v) is 5.73. The first-order valence-electron chi connectivity index (χ1n) is 5.37. The van der Waals surface area contributed by atoms with Gasteiger partial charge in [-0.1, -0.05) is 6.92 Å². The second kappa shape index (κ2) is 8.87. The van der Waals surface area contributed by atoms with Gasteiger partial charge in [0, 0.05) is 24.9 Å². The topological polar surface area (TPSA) is 44.8 Å². The molecule has 0 N–H and O–H groups in total. The van der Waals surface area contributed by atoms with Crippen molar-refractivity contribution in [1.82, 2.24) is 0 Å². The van der Waals surface area contributed by atoms with Crippen molar-refractivity contribution in [3.05, 3.63) is 16.1 Å². The molecule has 1 rings (SSSR count). The van der Waals surface area contributed by atoms with Gasteiger partial charge < -0.3 is 14.2 Å². The van der Waals surface area contributed by atoms with Gasteiger partial charge in [-0.05, 0) is 30.7 Å². The van der Waals surface area contributed by atoms with Crippen molar-refractivity contribution in [3.8, 4) is 17.2 Å². The Labute approximate surface area is 135 Å². The summed E-state index contributed by atoms with van der Waals surface area (Å²) in [6.45, 7) is 1.96. The Morgan fingerprint density at radius 1 is 1.21 bits per heavy atom. The average molecular weight is 342 g/mol. The fraction of sp³-hybridized carbons (Fsp3) is 0.417. The quantitative estimate of drug-likeness (QED) is 0.589. The number of benzene rings is 1. The zero-order chi connectivity index (χ0) is 13.7. The number of methoxy groups -OCH3 is 3. The van der Waals surface area contributed by atoms with Crippen LogP contribution in [0.2, 0.25) is 0 Å². The minimum atomic E-state index is 0. The first-order chi connectivity index (χ1) is 8.60. The normalized spacial score (nSPS) is 10.2. The molecule has 0 saturated carbocycles. The van der Waals surface area contributed by atoms with Crippen LogP contribution in [0.25, 0.3) is 0 Å². The predicted octanol–water partition coefficient (Wildman–Crippen LogP) is 2.93. The molecule has 4 nitrogen and oxygen atoms in total. The van der Waals surface area contributed by atoms with Gasteiger partial charge in [0.05, 0.1) is 25.8 Å². The van der Waals surface area contributed by atoms with E-state index in [0.29, 0.717) is 27.3 Å². The molecule has 0 spiro atoms. The number of hydrogen-bond donors (Lipinski definition) is 0. The number of rotatable bonds is 6. The summed E-state index contributed by atoms with van der Waals surface area (Å²) >= 11 is 3.37. The number of carbonyl (C=O) groups excluding carboxylic acids is 1. The van der Waals surface area contributed by atoms with Crippen molar-refractivity contribution in [3.63, 3.8) is 0 Å². The first-order valence-corrected chi connectivity index (χ1v) is 7.37. The van der Waals surface area contributed by atoms with Crippen LogP contribution < -0.4 is 14.2 Å². The largest absolute Gasteiger partial charge is 0.495 e. The molecule has 0 aliphatic heterocycles. The van der Waals surface area contributed by atoms with Gasteiger partial charge in [0.2, 0.25) is 0 Å². The van der Waals surface area contributed by atoms with Crippen LogP contribution in [0.4, 0.5) is 0 Å². The standard InChI is InChI=1S/C12H16BrO4P.Li/c1-5-18-12(14)9-10(16-3)7(13)6-8(15-2)11(9)17-4;/h6,18H,5H2,1-4H3;. The maximum absolute atomic E-state index is 12.2. The number of ether oxygens (including phenoxy) is 3. The SMILES string of the molecule is CCPC(=O)c1c(OC)c(Br)cc(OC)c1OC.[Li]. The van der Waals surface area contributed by atoms with Crippen LogP contribution in [-0.4, -0.2) is 51.9 Å². The molecule has 1 aromatic rings. The fourth-order valence-electron chi connectivity index (χ4n) is 1.60. The first kappa shape index (κ1) is 18.8. The Morgan fingerprint density at radius 3 is 2.21 bits per heavy atom. The molecule has 19 heavy (non-hydrogen) atoms. The van der Waals surface area contributed by atoms with E-state index in [1.165, 1.54) is 21.3 Å². The molecule has 0 saturated heterocycles. The van der Waals surface area contributed by atoms with E-state index >= 15 is 0 Å². The molecule has 101 valence electrons. The van der Waals surface area contributed by atoms with E-state index in [0.717, 1.165) is 6.16 Å². The Balaban J connectivity index is 0.00000324. The summed E-state index contributed by atoms with van der Waals surface area (Å²) in [4.78, 5) is 12.2. The van der Waals surface area contributed by atoms with Crippen LogP contribution >= 0.6 is 24.5 Å². The van der Waals surface area contributed by atoms with Crippen LogP contribution in [0.3, 0.4) is 0 Å². The van der Waals surface area contributed by atoms with Crippen molar-refractivity contribution >= 4 is 48.9 Å². The summed E-state index contributed by atoms with van der Waals surface area (Å²) in [5.41, 5.74) is 0.442. The number of hydrogen-bond acceptors (Lipinski definition) is 4. The summed E-state index contributed by atoms with van der Waals surface area (Å²) in [6, 6.07) is 1.73. The third-order valence-electron chi connectivity index (χ3n) is 2.35. The van der Waals surface area contributed by atoms with E-state index < -0.39 is 0 Å². The summed E-state index contributed by atoms with van der Waals surface area (Å²) in [5.74, 6) is 1.41. The van der Waals surface area contributed by atoms with Crippen molar-refractivity contribution in [2.45, 2.75) is 6.92 Å². The summed E-state index contributed by atoms with van der Waals surface area (Å²) in [7, 11) is 4.76. The monoisotopic (exact) mass is 341 g/mol. The third kappa shape index (κ3) is 4.13. The van der Waals surface area contributed by atoms with Crippen LogP contribution in [-0.2, 0) is 0 Å². The molecule has 0 heterocycles. The van der Waals surface area contributed by atoms with Gasteiger partial charge in [-0.3, -0.25) is 4.79 Å². The third-order valence-corrected chi connectivity index (χ3v) is 3.86. The van der Waals surface area contributed by atoms with E-state index in [2.05, 4.69) is 15.9 Å². The minimum absolute atomic E-state index is 0. The van der Waals surface area contributed by atoms with E-state index in [4.69, 9.17) is 14.2 Å². The van der Waals surface area contributed by atoms with Gasteiger partial charge in [-0.2, -0.15) is 0 Å². The maximum Gasteiger partial charge on any atom is 0.188 e. The van der Waals surface area contributed by atoms with Crippen molar-refractivity contribution in [1.29, 1.82) is 0 Å². The molecule has 1 aromatic carbocycles.